The predicted octanol–water partition coefficient (Wildman–Crippen LogP) is 3.64. The molecule has 0 amide bonds. The lowest BCUT2D eigenvalue weighted by Gasteiger charge is -2.34. The molecule has 2 aromatic carbocycles. The van der Waals surface area contributed by atoms with Crippen LogP contribution in [0.15, 0.2) is 42.5 Å². The Morgan fingerprint density at radius 1 is 1.07 bits per heavy atom. The smallest absolute Gasteiger partial charge is 0.193 e. The van der Waals surface area contributed by atoms with Crippen LogP contribution in [-0.2, 0) is 12.1 Å². The number of H-pyrrole nitrogens is 1. The van der Waals surface area contributed by atoms with Gasteiger partial charge >= 0.3 is 0 Å². The molecule has 0 bridgehead atoms. The van der Waals surface area contributed by atoms with Gasteiger partial charge in [-0.25, -0.2) is 0 Å². The quantitative estimate of drug-likeness (QED) is 0.478. The van der Waals surface area contributed by atoms with Crippen molar-refractivity contribution >= 4 is 22.5 Å². The third kappa shape index (κ3) is 3.07. The number of rotatable bonds is 4. The first-order valence-corrected chi connectivity index (χ1v) is 9.68. The van der Waals surface area contributed by atoms with Gasteiger partial charge in [-0.2, -0.15) is 0 Å². The number of hydrogen-bond acceptors (Lipinski definition) is 4. The second-order valence-electron chi connectivity index (χ2n) is 7.92. The topological polar surface area (TPSA) is 102 Å². The summed E-state index contributed by atoms with van der Waals surface area (Å²) in [6, 6.07) is 12.4. The zero-order valence-electron chi connectivity index (χ0n) is 16.2. The number of aromatic amines is 1. The summed E-state index contributed by atoms with van der Waals surface area (Å²) < 4.78 is 0. The fourth-order valence-electron chi connectivity index (χ4n) is 4.25. The highest BCUT2D eigenvalue weighted by Gasteiger charge is 2.36. The SMILES string of the molecule is CCC1Cc2c([nH]c3ccc(C(=O)c4ccc(C(C)=O)cc4)cc23)C(N)(N)C1. The maximum atomic E-state index is 13.0. The van der Waals surface area contributed by atoms with Gasteiger partial charge in [0.2, 0.25) is 0 Å². The van der Waals surface area contributed by atoms with Crippen LogP contribution >= 0.6 is 0 Å². The highest BCUT2D eigenvalue weighted by atomic mass is 16.1. The summed E-state index contributed by atoms with van der Waals surface area (Å²) in [6.45, 7) is 3.67. The Hall–Kier alpha value is -2.76. The highest BCUT2D eigenvalue weighted by molar-refractivity contribution is 6.11. The lowest BCUT2D eigenvalue weighted by atomic mass is 9.79. The molecule has 1 heterocycles. The first kappa shape index (κ1) is 18.6. The van der Waals surface area contributed by atoms with E-state index in [9.17, 15) is 9.59 Å². The molecule has 1 atom stereocenters. The molecule has 1 aliphatic rings. The number of Topliss-reactive ketones (excluding diaryl/α,β-unsaturated/α-hetero) is 1. The van der Waals surface area contributed by atoms with E-state index in [4.69, 9.17) is 11.5 Å². The molecule has 5 heteroatoms. The van der Waals surface area contributed by atoms with E-state index < -0.39 is 5.66 Å². The third-order valence-corrected chi connectivity index (χ3v) is 5.88. The molecule has 0 aliphatic heterocycles. The van der Waals surface area contributed by atoms with Crippen molar-refractivity contribution in [1.29, 1.82) is 0 Å². The van der Waals surface area contributed by atoms with Crippen LogP contribution in [0.2, 0.25) is 0 Å². The normalized spacial score (nSPS) is 18.1. The average Bonchev–Trinajstić information content (AvgIpc) is 3.06. The van der Waals surface area contributed by atoms with E-state index in [-0.39, 0.29) is 11.6 Å². The second-order valence-corrected chi connectivity index (χ2v) is 7.92. The zero-order valence-corrected chi connectivity index (χ0v) is 16.2. The number of aromatic nitrogens is 1. The number of ketones is 2. The van der Waals surface area contributed by atoms with Crippen molar-refractivity contribution in [3.63, 3.8) is 0 Å². The molecule has 0 saturated heterocycles. The fourth-order valence-corrected chi connectivity index (χ4v) is 4.25. The van der Waals surface area contributed by atoms with E-state index in [0.717, 1.165) is 41.4 Å². The number of nitrogens with one attached hydrogen (secondary N) is 1. The van der Waals surface area contributed by atoms with Crippen LogP contribution < -0.4 is 11.5 Å². The molecular formula is C23H25N3O2. The first-order chi connectivity index (χ1) is 13.3. The van der Waals surface area contributed by atoms with Gasteiger partial charge < -0.3 is 16.5 Å². The summed E-state index contributed by atoms with van der Waals surface area (Å²) in [5.74, 6) is 0.346. The average molecular weight is 375 g/mol. The Bertz CT molecular complexity index is 1080. The van der Waals surface area contributed by atoms with Gasteiger partial charge in [-0.15, -0.1) is 0 Å². The molecule has 144 valence electrons. The molecular weight excluding hydrogens is 350 g/mol. The first-order valence-electron chi connectivity index (χ1n) is 9.68. The van der Waals surface area contributed by atoms with Crippen molar-refractivity contribution < 1.29 is 9.59 Å². The summed E-state index contributed by atoms with van der Waals surface area (Å²) in [4.78, 5) is 27.8. The van der Waals surface area contributed by atoms with E-state index in [0.29, 0.717) is 22.6 Å². The van der Waals surface area contributed by atoms with Crippen LogP contribution in [0, 0.1) is 5.92 Å². The zero-order chi connectivity index (χ0) is 20.1. The van der Waals surface area contributed by atoms with Crippen molar-refractivity contribution in [1.82, 2.24) is 4.98 Å². The van der Waals surface area contributed by atoms with Crippen LogP contribution in [-0.4, -0.2) is 16.6 Å². The largest absolute Gasteiger partial charge is 0.356 e. The van der Waals surface area contributed by atoms with Gasteiger partial charge in [0.25, 0.3) is 0 Å². The Labute approximate surface area is 164 Å². The minimum absolute atomic E-state index is 0.0168. The monoisotopic (exact) mass is 375 g/mol. The maximum Gasteiger partial charge on any atom is 0.193 e. The predicted molar refractivity (Wildman–Crippen MR) is 110 cm³/mol. The molecule has 0 saturated carbocycles. The molecule has 4 rings (SSSR count). The standard InChI is InChI=1S/C23H25N3O2/c1-3-14-10-19-18-11-17(8-9-20(18)26-22(19)23(24,25)12-14)21(28)16-6-4-15(5-7-16)13(2)27/h4-9,11,14,26H,3,10,12,24-25H2,1-2H3. The summed E-state index contributed by atoms with van der Waals surface area (Å²) in [5.41, 5.74) is 16.6. The number of nitrogens with two attached hydrogens (primary N) is 2. The molecule has 28 heavy (non-hydrogen) atoms. The Morgan fingerprint density at radius 2 is 1.71 bits per heavy atom. The second kappa shape index (κ2) is 6.69. The van der Waals surface area contributed by atoms with Crippen molar-refractivity contribution in [2.45, 2.75) is 38.8 Å². The van der Waals surface area contributed by atoms with Gasteiger partial charge in [-0.1, -0.05) is 37.6 Å². The number of benzene rings is 2. The summed E-state index contributed by atoms with van der Waals surface area (Å²) in [7, 11) is 0. The van der Waals surface area contributed by atoms with E-state index in [1.165, 1.54) is 6.92 Å². The minimum atomic E-state index is -0.875. The van der Waals surface area contributed by atoms with Gasteiger partial charge in [0.1, 0.15) is 5.66 Å². The molecule has 0 fully saturated rings. The molecule has 5 nitrogen and oxygen atoms in total. The van der Waals surface area contributed by atoms with Gasteiger partial charge in [-0.3, -0.25) is 9.59 Å². The highest BCUT2D eigenvalue weighted by Crippen LogP contribution is 2.38. The molecule has 0 spiro atoms. The van der Waals surface area contributed by atoms with E-state index in [2.05, 4.69) is 11.9 Å². The number of fused-ring (bicyclic) bond motifs is 3. The van der Waals surface area contributed by atoms with Gasteiger partial charge in [0, 0.05) is 27.6 Å². The van der Waals surface area contributed by atoms with E-state index in [1.807, 2.05) is 18.2 Å². The van der Waals surface area contributed by atoms with E-state index >= 15 is 0 Å². The van der Waals surface area contributed by atoms with Crippen molar-refractivity contribution in [2.75, 3.05) is 0 Å². The molecule has 1 unspecified atom stereocenters. The van der Waals surface area contributed by atoms with Crippen LogP contribution in [0.5, 0.6) is 0 Å². The van der Waals surface area contributed by atoms with Gasteiger partial charge in [0.05, 0.1) is 5.69 Å². The number of hydrogen-bond donors (Lipinski definition) is 3. The minimum Gasteiger partial charge on any atom is -0.356 e. The Balaban J connectivity index is 1.76. The van der Waals surface area contributed by atoms with Crippen molar-refractivity contribution in [3.05, 3.63) is 70.4 Å². The summed E-state index contributed by atoms with van der Waals surface area (Å²) in [5, 5.41) is 1.01. The van der Waals surface area contributed by atoms with E-state index in [1.54, 1.807) is 24.3 Å². The fraction of sp³-hybridized carbons (Fsp3) is 0.304. The van der Waals surface area contributed by atoms with Gasteiger partial charge in [-0.05, 0) is 49.4 Å². The van der Waals surface area contributed by atoms with Crippen molar-refractivity contribution in [2.24, 2.45) is 17.4 Å². The maximum absolute atomic E-state index is 13.0. The summed E-state index contributed by atoms with van der Waals surface area (Å²) >= 11 is 0. The van der Waals surface area contributed by atoms with Crippen molar-refractivity contribution in [3.8, 4) is 0 Å². The number of carbonyl (C=O) groups excluding carboxylic acids is 2. The number of carbonyl (C=O) groups is 2. The van der Waals surface area contributed by atoms with Crippen LogP contribution in [0.4, 0.5) is 0 Å². The van der Waals surface area contributed by atoms with Crippen LogP contribution in [0.25, 0.3) is 10.9 Å². The van der Waals surface area contributed by atoms with Crippen LogP contribution in [0.1, 0.15) is 64.2 Å². The molecule has 5 N–H and O–H groups in total. The third-order valence-electron chi connectivity index (χ3n) is 5.88. The molecule has 3 aromatic rings. The molecule has 1 aliphatic carbocycles. The molecule has 1 aromatic heterocycles. The lowest BCUT2D eigenvalue weighted by Crippen LogP contribution is -2.50. The summed E-state index contributed by atoms with van der Waals surface area (Å²) in [6.07, 6.45) is 2.67. The Morgan fingerprint density at radius 3 is 2.36 bits per heavy atom. The Kier molecular flexibility index (Phi) is 4.44. The lowest BCUT2D eigenvalue weighted by molar-refractivity contribution is 0.101. The van der Waals surface area contributed by atoms with Crippen LogP contribution in [0.3, 0.4) is 0 Å². The van der Waals surface area contributed by atoms with Gasteiger partial charge in [0.15, 0.2) is 11.6 Å². The molecule has 0 radical (unpaired) electrons.